The zero-order valence-corrected chi connectivity index (χ0v) is 13.9. The Bertz CT molecular complexity index is 377. The second-order valence-electron chi connectivity index (χ2n) is 7.68. The average Bonchev–Trinajstić information content (AvgIpc) is 2.11. The standard InChI is InChI=1S/C14H30N2O2S/c1-13(2,3)11-14(4,5)16-19(17,18)15-12-9-7-6-8-10-12/h12,15-16H,6-11H2,1-5H3. The first-order valence-electron chi connectivity index (χ1n) is 7.30. The summed E-state index contributed by atoms with van der Waals surface area (Å²) in [6, 6.07) is 0.108. The van der Waals surface area contributed by atoms with Gasteiger partial charge in [0.25, 0.3) is 10.2 Å². The number of hydrogen-bond donors (Lipinski definition) is 2. The largest absolute Gasteiger partial charge is 0.277 e. The molecule has 1 fully saturated rings. The highest BCUT2D eigenvalue weighted by Gasteiger charge is 2.31. The summed E-state index contributed by atoms with van der Waals surface area (Å²) >= 11 is 0. The van der Waals surface area contributed by atoms with Gasteiger partial charge in [-0.05, 0) is 38.5 Å². The monoisotopic (exact) mass is 290 g/mol. The van der Waals surface area contributed by atoms with Crippen molar-refractivity contribution >= 4 is 10.2 Å². The molecular formula is C14H30N2O2S. The van der Waals surface area contributed by atoms with E-state index in [9.17, 15) is 8.42 Å². The van der Waals surface area contributed by atoms with Gasteiger partial charge in [0, 0.05) is 11.6 Å². The van der Waals surface area contributed by atoms with Gasteiger partial charge >= 0.3 is 0 Å². The van der Waals surface area contributed by atoms with E-state index in [4.69, 9.17) is 0 Å². The van der Waals surface area contributed by atoms with Crippen molar-refractivity contribution in [1.29, 1.82) is 0 Å². The van der Waals surface area contributed by atoms with Crippen molar-refractivity contribution in [2.24, 2.45) is 5.41 Å². The third-order valence-corrected chi connectivity index (χ3v) is 4.77. The lowest BCUT2D eigenvalue weighted by molar-refractivity contribution is 0.268. The van der Waals surface area contributed by atoms with Gasteiger partial charge in [0.15, 0.2) is 0 Å². The molecule has 1 rings (SSSR count). The summed E-state index contributed by atoms with van der Waals surface area (Å²) in [6.07, 6.45) is 6.19. The average molecular weight is 290 g/mol. The van der Waals surface area contributed by atoms with Crippen LogP contribution in [0.1, 0.15) is 73.1 Å². The van der Waals surface area contributed by atoms with Crippen LogP contribution in [0.25, 0.3) is 0 Å². The van der Waals surface area contributed by atoms with Crippen molar-refractivity contribution in [3.05, 3.63) is 0 Å². The Kier molecular flexibility index (Phi) is 5.43. The van der Waals surface area contributed by atoms with Crippen LogP contribution in [0.4, 0.5) is 0 Å². The fraction of sp³-hybridized carbons (Fsp3) is 1.00. The van der Waals surface area contributed by atoms with Gasteiger partial charge in [-0.15, -0.1) is 0 Å². The molecule has 114 valence electrons. The van der Waals surface area contributed by atoms with E-state index in [1.165, 1.54) is 6.42 Å². The van der Waals surface area contributed by atoms with Crippen molar-refractivity contribution in [3.8, 4) is 0 Å². The minimum Gasteiger partial charge on any atom is -0.199 e. The quantitative estimate of drug-likeness (QED) is 0.818. The molecule has 1 saturated carbocycles. The van der Waals surface area contributed by atoms with Gasteiger partial charge in [0.2, 0.25) is 0 Å². The van der Waals surface area contributed by atoms with E-state index >= 15 is 0 Å². The van der Waals surface area contributed by atoms with Crippen LogP contribution in [-0.2, 0) is 10.2 Å². The lowest BCUT2D eigenvalue weighted by Gasteiger charge is -2.34. The second kappa shape index (κ2) is 6.10. The fourth-order valence-corrected chi connectivity index (χ4v) is 4.73. The highest BCUT2D eigenvalue weighted by molar-refractivity contribution is 7.87. The first-order valence-corrected chi connectivity index (χ1v) is 8.79. The van der Waals surface area contributed by atoms with E-state index < -0.39 is 15.7 Å². The van der Waals surface area contributed by atoms with E-state index in [0.29, 0.717) is 0 Å². The molecule has 0 aromatic rings. The first kappa shape index (κ1) is 16.9. The van der Waals surface area contributed by atoms with Crippen molar-refractivity contribution in [3.63, 3.8) is 0 Å². The Hall–Kier alpha value is -0.130. The summed E-state index contributed by atoms with van der Waals surface area (Å²) < 4.78 is 30.0. The van der Waals surface area contributed by atoms with Crippen LogP contribution in [0.5, 0.6) is 0 Å². The number of rotatable bonds is 5. The van der Waals surface area contributed by atoms with E-state index in [2.05, 4.69) is 30.2 Å². The minimum atomic E-state index is -3.41. The molecule has 4 nitrogen and oxygen atoms in total. The highest BCUT2D eigenvalue weighted by atomic mass is 32.2. The summed E-state index contributed by atoms with van der Waals surface area (Å²) in [6.45, 7) is 10.3. The molecule has 0 aromatic heterocycles. The highest BCUT2D eigenvalue weighted by Crippen LogP contribution is 2.27. The molecule has 19 heavy (non-hydrogen) atoms. The Morgan fingerprint density at radius 1 is 1.00 bits per heavy atom. The van der Waals surface area contributed by atoms with E-state index in [1.54, 1.807) is 0 Å². The lowest BCUT2D eigenvalue weighted by atomic mass is 9.82. The van der Waals surface area contributed by atoms with E-state index in [0.717, 1.165) is 32.1 Å². The third-order valence-electron chi connectivity index (χ3n) is 3.31. The molecule has 0 atom stereocenters. The van der Waals surface area contributed by atoms with Crippen LogP contribution >= 0.6 is 0 Å². The maximum absolute atomic E-state index is 12.2. The molecular weight excluding hydrogens is 260 g/mol. The lowest BCUT2D eigenvalue weighted by Crippen LogP contribution is -2.52. The second-order valence-corrected chi connectivity index (χ2v) is 9.13. The van der Waals surface area contributed by atoms with Crippen molar-refractivity contribution < 1.29 is 8.42 Å². The molecule has 0 amide bonds. The summed E-state index contributed by atoms with van der Waals surface area (Å²) in [5.74, 6) is 0. The van der Waals surface area contributed by atoms with E-state index in [-0.39, 0.29) is 11.5 Å². The molecule has 0 unspecified atom stereocenters. The van der Waals surface area contributed by atoms with Gasteiger partial charge in [-0.3, -0.25) is 0 Å². The Labute approximate surface area is 118 Å². The molecule has 5 heteroatoms. The SMILES string of the molecule is CC(C)(C)CC(C)(C)NS(=O)(=O)NC1CCCCC1. The van der Waals surface area contributed by atoms with Crippen molar-refractivity contribution in [2.75, 3.05) is 0 Å². The number of nitrogens with one attached hydrogen (secondary N) is 2. The number of hydrogen-bond acceptors (Lipinski definition) is 2. The first-order chi connectivity index (χ1) is 8.49. The minimum absolute atomic E-state index is 0.0941. The summed E-state index contributed by atoms with van der Waals surface area (Å²) in [5, 5.41) is 0. The molecule has 0 aliphatic heterocycles. The van der Waals surface area contributed by atoms with Crippen LogP contribution < -0.4 is 9.44 Å². The topological polar surface area (TPSA) is 58.2 Å². The van der Waals surface area contributed by atoms with Crippen molar-refractivity contribution in [2.45, 2.75) is 84.7 Å². The van der Waals surface area contributed by atoms with Crippen LogP contribution in [0.2, 0.25) is 0 Å². The van der Waals surface area contributed by atoms with Gasteiger partial charge < -0.3 is 0 Å². The molecule has 1 aliphatic rings. The van der Waals surface area contributed by atoms with Crippen LogP contribution in [0, 0.1) is 5.41 Å². The van der Waals surface area contributed by atoms with Gasteiger partial charge in [-0.1, -0.05) is 40.0 Å². The van der Waals surface area contributed by atoms with Gasteiger partial charge in [-0.25, -0.2) is 0 Å². The molecule has 2 N–H and O–H groups in total. The Morgan fingerprint density at radius 3 is 2.00 bits per heavy atom. The van der Waals surface area contributed by atoms with Crippen LogP contribution in [-0.4, -0.2) is 20.0 Å². The van der Waals surface area contributed by atoms with Gasteiger partial charge in [-0.2, -0.15) is 17.9 Å². The molecule has 0 radical (unpaired) electrons. The maximum atomic E-state index is 12.2. The predicted molar refractivity (Wildman–Crippen MR) is 80.2 cm³/mol. The molecule has 0 aromatic carbocycles. The third kappa shape index (κ3) is 7.28. The molecule has 0 saturated heterocycles. The molecule has 1 aliphatic carbocycles. The Balaban J connectivity index is 2.57. The predicted octanol–water partition coefficient (Wildman–Crippen LogP) is 2.96. The summed E-state index contributed by atoms with van der Waals surface area (Å²) in [5.41, 5.74) is -0.338. The summed E-state index contributed by atoms with van der Waals surface area (Å²) in [4.78, 5) is 0. The van der Waals surface area contributed by atoms with Crippen LogP contribution in [0.15, 0.2) is 0 Å². The molecule has 0 bridgehead atoms. The summed E-state index contributed by atoms with van der Waals surface area (Å²) in [7, 11) is -3.41. The fourth-order valence-electron chi connectivity index (χ4n) is 3.19. The van der Waals surface area contributed by atoms with Gasteiger partial charge in [0.1, 0.15) is 0 Å². The van der Waals surface area contributed by atoms with E-state index in [1.807, 2.05) is 13.8 Å². The van der Waals surface area contributed by atoms with Gasteiger partial charge in [0.05, 0.1) is 0 Å². The zero-order valence-electron chi connectivity index (χ0n) is 13.0. The molecule has 0 heterocycles. The van der Waals surface area contributed by atoms with Crippen LogP contribution in [0.3, 0.4) is 0 Å². The normalized spacial score (nSPS) is 19.6. The maximum Gasteiger partial charge on any atom is 0.277 e. The smallest absolute Gasteiger partial charge is 0.199 e. The van der Waals surface area contributed by atoms with Crippen molar-refractivity contribution in [1.82, 2.24) is 9.44 Å². The molecule has 0 spiro atoms. The zero-order chi connectivity index (χ0) is 14.7. The Morgan fingerprint density at radius 2 is 1.53 bits per heavy atom.